The molecule has 1 aliphatic rings. The fraction of sp³-hybridized carbons (Fsp3) is 0.579. The van der Waals surface area contributed by atoms with Gasteiger partial charge in [-0.1, -0.05) is 25.1 Å². The highest BCUT2D eigenvalue weighted by molar-refractivity contribution is 5.67. The Morgan fingerprint density at radius 2 is 2.11 bits per heavy atom. The van der Waals surface area contributed by atoms with Gasteiger partial charge in [0.25, 0.3) is 0 Å². The van der Waals surface area contributed by atoms with E-state index in [4.69, 9.17) is 9.63 Å². The summed E-state index contributed by atoms with van der Waals surface area (Å²) in [6.07, 6.45) is 3.23. The zero-order valence-corrected chi connectivity index (χ0v) is 15.9. The number of fused-ring (bicyclic) bond motifs is 1. The van der Waals surface area contributed by atoms with Crippen LogP contribution in [0.5, 0.6) is 0 Å². The maximum Gasteiger partial charge on any atom is 0.305 e. The molecule has 3 heterocycles. The zero-order valence-electron chi connectivity index (χ0n) is 15.9. The lowest BCUT2D eigenvalue weighted by Crippen LogP contribution is -2.15. The maximum absolute atomic E-state index is 10.5. The van der Waals surface area contributed by atoms with Crippen LogP contribution in [0, 0.1) is 0 Å². The molecule has 1 atom stereocenters. The van der Waals surface area contributed by atoms with Gasteiger partial charge in [-0.25, -0.2) is 4.98 Å². The van der Waals surface area contributed by atoms with Gasteiger partial charge < -0.3 is 20.1 Å². The highest BCUT2D eigenvalue weighted by atomic mass is 16.5. The molecule has 0 saturated heterocycles. The molecule has 2 aromatic rings. The Balaban J connectivity index is 0.00000126. The highest BCUT2D eigenvalue weighted by Crippen LogP contribution is 2.20. The summed E-state index contributed by atoms with van der Waals surface area (Å²) < 4.78 is 5.05. The van der Waals surface area contributed by atoms with Crippen LogP contribution in [0.4, 0.5) is 5.82 Å². The number of aromatic nitrogens is 3. The summed E-state index contributed by atoms with van der Waals surface area (Å²) in [5.41, 5.74) is 2.31. The first kappa shape index (κ1) is 20.8. The highest BCUT2D eigenvalue weighted by Gasteiger charge is 2.15. The van der Waals surface area contributed by atoms with E-state index in [0.717, 1.165) is 43.7 Å². The molecule has 0 bridgehead atoms. The zero-order chi connectivity index (χ0) is 19.6. The summed E-state index contributed by atoms with van der Waals surface area (Å²) in [6.45, 7) is 4.98. The molecule has 0 amide bonds. The molecule has 0 fully saturated rings. The van der Waals surface area contributed by atoms with E-state index in [-0.39, 0.29) is 18.7 Å². The van der Waals surface area contributed by atoms with Crippen LogP contribution in [0.2, 0.25) is 0 Å². The topological polar surface area (TPSA) is 121 Å². The van der Waals surface area contributed by atoms with E-state index in [1.54, 1.807) is 0 Å². The van der Waals surface area contributed by atoms with E-state index >= 15 is 0 Å². The molecular formula is C19H28N4O4. The van der Waals surface area contributed by atoms with Crippen LogP contribution in [0.15, 0.2) is 16.7 Å². The van der Waals surface area contributed by atoms with Crippen LogP contribution in [0.25, 0.3) is 0 Å². The molecular weight excluding hydrogens is 348 g/mol. The lowest BCUT2D eigenvalue weighted by molar-refractivity contribution is -0.139. The Bertz CT molecular complexity index is 732. The number of aliphatic carboxylic acids is 1. The number of anilines is 1. The van der Waals surface area contributed by atoms with Crippen molar-refractivity contribution in [3.63, 3.8) is 0 Å². The molecule has 3 N–H and O–H groups in total. The molecule has 8 nitrogen and oxygen atoms in total. The average Bonchev–Trinajstić information content (AvgIpc) is 3.09. The van der Waals surface area contributed by atoms with E-state index in [1.165, 1.54) is 5.56 Å². The Kier molecular flexibility index (Phi) is 8.19. The van der Waals surface area contributed by atoms with E-state index in [0.29, 0.717) is 12.2 Å². The molecule has 8 heteroatoms. The van der Waals surface area contributed by atoms with Gasteiger partial charge in [0.15, 0.2) is 5.82 Å². The SMILES string of the molecule is CC.O=C(O)CC(O)Cc1nc(CCCc2ccc3c(n2)NCCC3)no1. The lowest BCUT2D eigenvalue weighted by atomic mass is 10.1. The van der Waals surface area contributed by atoms with Crippen molar-refractivity contribution in [1.82, 2.24) is 15.1 Å². The minimum Gasteiger partial charge on any atom is -0.481 e. The maximum atomic E-state index is 10.5. The predicted molar refractivity (Wildman–Crippen MR) is 101 cm³/mol. The Morgan fingerprint density at radius 3 is 2.89 bits per heavy atom. The number of nitrogens with one attached hydrogen (secondary N) is 1. The van der Waals surface area contributed by atoms with Crippen LogP contribution in [-0.2, 0) is 30.5 Å². The first-order chi connectivity index (χ1) is 13.1. The summed E-state index contributed by atoms with van der Waals surface area (Å²) in [4.78, 5) is 19.4. The number of rotatable bonds is 8. The monoisotopic (exact) mass is 376 g/mol. The standard InChI is InChI=1S/C17H22N4O4.C2H6/c22-13(10-16(23)24)9-15-20-14(21-25-15)5-1-4-12-7-6-11-3-2-8-18-17(11)19-12;1-2/h6-7,13,22H,1-5,8-10H2,(H,18,19)(H,23,24);1-2H3. The lowest BCUT2D eigenvalue weighted by Gasteiger charge is -2.17. The third-order valence-electron chi connectivity index (χ3n) is 4.12. The van der Waals surface area contributed by atoms with Gasteiger partial charge in [0.2, 0.25) is 5.89 Å². The second-order valence-electron chi connectivity index (χ2n) is 6.25. The van der Waals surface area contributed by atoms with Crippen molar-refractivity contribution in [2.75, 3.05) is 11.9 Å². The molecule has 0 aromatic carbocycles. The quantitative estimate of drug-likeness (QED) is 0.642. The fourth-order valence-corrected chi connectivity index (χ4v) is 2.89. The number of carboxylic acids is 1. The molecule has 0 spiro atoms. The molecule has 1 unspecified atom stereocenters. The molecule has 3 rings (SSSR count). The second-order valence-corrected chi connectivity index (χ2v) is 6.25. The van der Waals surface area contributed by atoms with Crippen molar-refractivity contribution < 1.29 is 19.5 Å². The van der Waals surface area contributed by atoms with Gasteiger partial charge in [0, 0.05) is 18.7 Å². The number of carbonyl (C=O) groups is 1. The minimum atomic E-state index is -1.06. The van der Waals surface area contributed by atoms with Crippen LogP contribution in [-0.4, -0.2) is 44.0 Å². The Hall–Kier alpha value is -2.48. The van der Waals surface area contributed by atoms with Gasteiger partial charge in [-0.3, -0.25) is 4.79 Å². The summed E-state index contributed by atoms with van der Waals surface area (Å²) in [5.74, 6) is 0.769. The molecule has 27 heavy (non-hydrogen) atoms. The number of aryl methyl sites for hydroxylation is 3. The number of nitrogens with zero attached hydrogens (tertiary/aromatic N) is 3. The number of pyridine rings is 1. The molecule has 0 radical (unpaired) electrons. The third kappa shape index (κ3) is 6.63. The van der Waals surface area contributed by atoms with Crippen molar-refractivity contribution in [2.45, 2.75) is 64.9 Å². The number of hydrogen-bond donors (Lipinski definition) is 3. The molecule has 0 saturated carbocycles. The summed E-state index contributed by atoms with van der Waals surface area (Å²) in [7, 11) is 0. The number of carboxylic acid groups (broad SMARTS) is 1. The predicted octanol–water partition coefficient (Wildman–Crippen LogP) is 2.40. The first-order valence-corrected chi connectivity index (χ1v) is 9.54. The van der Waals surface area contributed by atoms with Crippen LogP contribution < -0.4 is 5.32 Å². The molecule has 1 aliphatic heterocycles. The normalized spacial score (nSPS) is 13.7. The first-order valence-electron chi connectivity index (χ1n) is 9.54. The van der Waals surface area contributed by atoms with E-state index in [1.807, 2.05) is 13.8 Å². The van der Waals surface area contributed by atoms with Crippen molar-refractivity contribution in [1.29, 1.82) is 0 Å². The van der Waals surface area contributed by atoms with Crippen molar-refractivity contribution >= 4 is 11.8 Å². The van der Waals surface area contributed by atoms with Crippen molar-refractivity contribution in [3.05, 3.63) is 35.1 Å². The smallest absolute Gasteiger partial charge is 0.305 e. The van der Waals surface area contributed by atoms with Gasteiger partial charge in [-0.2, -0.15) is 4.98 Å². The minimum absolute atomic E-state index is 0.0529. The number of aliphatic hydroxyl groups is 1. The van der Waals surface area contributed by atoms with E-state index < -0.39 is 12.1 Å². The third-order valence-corrected chi connectivity index (χ3v) is 4.12. The molecule has 2 aromatic heterocycles. The number of hydrogen-bond acceptors (Lipinski definition) is 7. The largest absolute Gasteiger partial charge is 0.481 e. The van der Waals surface area contributed by atoms with Crippen LogP contribution in [0.1, 0.15) is 56.1 Å². The Labute approximate surface area is 159 Å². The van der Waals surface area contributed by atoms with Gasteiger partial charge in [-0.15, -0.1) is 0 Å². The van der Waals surface area contributed by atoms with Gasteiger partial charge in [-0.05, 0) is 37.3 Å². The summed E-state index contributed by atoms with van der Waals surface area (Å²) in [5, 5.41) is 25.4. The molecule has 0 aliphatic carbocycles. The fourth-order valence-electron chi connectivity index (χ4n) is 2.89. The van der Waals surface area contributed by atoms with Gasteiger partial charge in [0.1, 0.15) is 5.82 Å². The van der Waals surface area contributed by atoms with E-state index in [9.17, 15) is 9.90 Å². The Morgan fingerprint density at radius 1 is 1.30 bits per heavy atom. The number of aliphatic hydroxyl groups excluding tert-OH is 1. The van der Waals surface area contributed by atoms with Crippen molar-refractivity contribution in [2.24, 2.45) is 0 Å². The summed E-state index contributed by atoms with van der Waals surface area (Å²) >= 11 is 0. The average molecular weight is 376 g/mol. The second kappa shape index (κ2) is 10.6. The van der Waals surface area contributed by atoms with Crippen LogP contribution >= 0.6 is 0 Å². The molecule has 148 valence electrons. The van der Waals surface area contributed by atoms with Crippen LogP contribution in [0.3, 0.4) is 0 Å². The van der Waals surface area contributed by atoms with Crippen molar-refractivity contribution in [3.8, 4) is 0 Å². The summed E-state index contributed by atoms with van der Waals surface area (Å²) in [6, 6.07) is 4.20. The van der Waals surface area contributed by atoms with Gasteiger partial charge in [0.05, 0.1) is 18.9 Å². The van der Waals surface area contributed by atoms with Gasteiger partial charge >= 0.3 is 5.97 Å². The van der Waals surface area contributed by atoms with E-state index in [2.05, 4.69) is 32.6 Å².